The topological polar surface area (TPSA) is 15.3 Å². The number of nitrogens with one attached hydrogen (secondary N) is 1. The SMILES string of the molecule is CN1C2CCCC2CNCC1C1CCCCC1. The van der Waals surface area contributed by atoms with E-state index in [1.54, 1.807) is 0 Å². The largest absolute Gasteiger partial charge is 0.315 e. The molecular formula is C15H28N2. The van der Waals surface area contributed by atoms with E-state index in [2.05, 4.69) is 17.3 Å². The zero-order chi connectivity index (χ0) is 11.7. The van der Waals surface area contributed by atoms with Crippen LogP contribution in [-0.2, 0) is 0 Å². The lowest BCUT2D eigenvalue weighted by molar-refractivity contribution is 0.102. The van der Waals surface area contributed by atoms with Gasteiger partial charge in [-0.15, -0.1) is 0 Å². The number of hydrogen-bond donors (Lipinski definition) is 1. The summed E-state index contributed by atoms with van der Waals surface area (Å²) in [7, 11) is 2.41. The van der Waals surface area contributed by atoms with Gasteiger partial charge in [0, 0.05) is 18.6 Å². The molecule has 3 fully saturated rings. The van der Waals surface area contributed by atoms with Crippen LogP contribution >= 0.6 is 0 Å². The van der Waals surface area contributed by atoms with Gasteiger partial charge in [-0.2, -0.15) is 0 Å². The van der Waals surface area contributed by atoms with Crippen molar-refractivity contribution in [3.63, 3.8) is 0 Å². The van der Waals surface area contributed by atoms with Gasteiger partial charge < -0.3 is 5.32 Å². The molecule has 0 aromatic rings. The smallest absolute Gasteiger partial charge is 0.0248 e. The third-order valence-electron chi connectivity index (χ3n) is 5.62. The lowest BCUT2D eigenvalue weighted by atomic mass is 9.83. The van der Waals surface area contributed by atoms with Gasteiger partial charge in [0.1, 0.15) is 0 Å². The molecule has 17 heavy (non-hydrogen) atoms. The molecule has 3 aliphatic rings. The van der Waals surface area contributed by atoms with E-state index >= 15 is 0 Å². The summed E-state index contributed by atoms with van der Waals surface area (Å²) in [6, 6.07) is 1.71. The first kappa shape index (κ1) is 12.0. The molecule has 0 radical (unpaired) electrons. The first-order chi connectivity index (χ1) is 8.36. The van der Waals surface area contributed by atoms with Crippen molar-refractivity contribution in [2.45, 2.75) is 63.5 Å². The Hall–Kier alpha value is -0.0800. The molecule has 3 rings (SSSR count). The molecule has 1 heterocycles. The zero-order valence-electron chi connectivity index (χ0n) is 11.3. The molecular weight excluding hydrogens is 208 g/mol. The van der Waals surface area contributed by atoms with Crippen LogP contribution in [0.15, 0.2) is 0 Å². The maximum absolute atomic E-state index is 3.75. The first-order valence-electron chi connectivity index (χ1n) is 7.79. The zero-order valence-corrected chi connectivity index (χ0v) is 11.3. The minimum atomic E-state index is 0.823. The second-order valence-electron chi connectivity index (χ2n) is 6.55. The molecule has 1 saturated heterocycles. The highest BCUT2D eigenvalue weighted by Gasteiger charge is 2.38. The molecule has 2 aliphatic carbocycles. The number of nitrogens with zero attached hydrogens (tertiary/aromatic N) is 1. The normalized spacial score (nSPS) is 41.1. The maximum atomic E-state index is 3.75. The van der Waals surface area contributed by atoms with E-state index in [1.165, 1.54) is 64.5 Å². The van der Waals surface area contributed by atoms with Gasteiger partial charge in [-0.3, -0.25) is 4.90 Å². The van der Waals surface area contributed by atoms with Crippen molar-refractivity contribution in [1.82, 2.24) is 10.2 Å². The van der Waals surface area contributed by atoms with Gasteiger partial charge in [0.15, 0.2) is 0 Å². The Kier molecular flexibility index (Phi) is 3.72. The average molecular weight is 236 g/mol. The lowest BCUT2D eigenvalue weighted by Gasteiger charge is -2.39. The predicted octanol–water partition coefficient (Wildman–Crippen LogP) is 2.64. The summed E-state index contributed by atoms with van der Waals surface area (Å²) in [6.07, 6.45) is 11.8. The fraction of sp³-hybridized carbons (Fsp3) is 1.00. The van der Waals surface area contributed by atoms with Gasteiger partial charge in [0.2, 0.25) is 0 Å². The van der Waals surface area contributed by atoms with Crippen LogP contribution in [0.25, 0.3) is 0 Å². The summed E-state index contributed by atoms with van der Waals surface area (Å²) < 4.78 is 0. The van der Waals surface area contributed by atoms with Gasteiger partial charge in [0.25, 0.3) is 0 Å². The lowest BCUT2D eigenvalue weighted by Crippen LogP contribution is -2.47. The Morgan fingerprint density at radius 1 is 0.765 bits per heavy atom. The molecule has 2 nitrogen and oxygen atoms in total. The second kappa shape index (κ2) is 5.27. The second-order valence-corrected chi connectivity index (χ2v) is 6.55. The molecule has 3 atom stereocenters. The third-order valence-corrected chi connectivity index (χ3v) is 5.62. The Morgan fingerprint density at radius 2 is 1.53 bits per heavy atom. The van der Waals surface area contributed by atoms with E-state index < -0.39 is 0 Å². The summed E-state index contributed by atoms with van der Waals surface area (Å²) in [6.45, 7) is 2.52. The highest BCUT2D eigenvalue weighted by molar-refractivity contribution is 4.94. The number of rotatable bonds is 1. The van der Waals surface area contributed by atoms with E-state index in [1.807, 2.05) is 0 Å². The van der Waals surface area contributed by atoms with E-state index in [0.717, 1.165) is 23.9 Å². The molecule has 0 spiro atoms. The van der Waals surface area contributed by atoms with Gasteiger partial charge >= 0.3 is 0 Å². The van der Waals surface area contributed by atoms with Crippen molar-refractivity contribution in [3.8, 4) is 0 Å². The molecule has 0 amide bonds. The van der Waals surface area contributed by atoms with Gasteiger partial charge in [0.05, 0.1) is 0 Å². The summed E-state index contributed by atoms with van der Waals surface area (Å²) >= 11 is 0. The van der Waals surface area contributed by atoms with E-state index in [0.29, 0.717) is 0 Å². The van der Waals surface area contributed by atoms with Gasteiger partial charge in [-0.25, -0.2) is 0 Å². The summed E-state index contributed by atoms with van der Waals surface area (Å²) in [5.74, 6) is 1.91. The summed E-state index contributed by atoms with van der Waals surface area (Å²) in [5.41, 5.74) is 0. The Labute approximate surface area is 106 Å². The van der Waals surface area contributed by atoms with Crippen LogP contribution in [0, 0.1) is 11.8 Å². The van der Waals surface area contributed by atoms with Crippen LogP contribution in [0.1, 0.15) is 51.4 Å². The molecule has 0 aromatic carbocycles. The first-order valence-corrected chi connectivity index (χ1v) is 7.79. The Bertz CT molecular complexity index is 247. The van der Waals surface area contributed by atoms with Crippen molar-refractivity contribution >= 4 is 0 Å². The molecule has 0 aromatic heterocycles. The van der Waals surface area contributed by atoms with Crippen LogP contribution < -0.4 is 5.32 Å². The van der Waals surface area contributed by atoms with Gasteiger partial charge in [-0.05, 0) is 51.1 Å². The number of fused-ring (bicyclic) bond motifs is 1. The van der Waals surface area contributed by atoms with Crippen molar-refractivity contribution in [1.29, 1.82) is 0 Å². The van der Waals surface area contributed by atoms with Crippen LogP contribution in [0.4, 0.5) is 0 Å². The molecule has 3 unspecified atom stereocenters. The molecule has 98 valence electrons. The highest BCUT2D eigenvalue weighted by Crippen LogP contribution is 2.36. The average Bonchev–Trinajstić information content (AvgIpc) is 2.78. The third kappa shape index (κ3) is 2.39. The summed E-state index contributed by atoms with van der Waals surface area (Å²) in [5, 5.41) is 3.75. The minimum Gasteiger partial charge on any atom is -0.315 e. The van der Waals surface area contributed by atoms with Crippen LogP contribution in [0.2, 0.25) is 0 Å². The number of hydrogen-bond acceptors (Lipinski definition) is 2. The van der Waals surface area contributed by atoms with Crippen LogP contribution in [0.5, 0.6) is 0 Å². The number of likely N-dealkylation sites (N-methyl/N-ethyl adjacent to an activating group) is 1. The van der Waals surface area contributed by atoms with Crippen molar-refractivity contribution in [3.05, 3.63) is 0 Å². The van der Waals surface area contributed by atoms with Crippen molar-refractivity contribution < 1.29 is 0 Å². The Balaban J connectivity index is 1.70. The fourth-order valence-electron chi connectivity index (χ4n) is 4.62. The molecule has 1 aliphatic heterocycles. The quantitative estimate of drug-likeness (QED) is 0.753. The van der Waals surface area contributed by atoms with Crippen molar-refractivity contribution in [2.75, 3.05) is 20.1 Å². The fourth-order valence-corrected chi connectivity index (χ4v) is 4.62. The highest BCUT2D eigenvalue weighted by atomic mass is 15.2. The minimum absolute atomic E-state index is 0.823. The maximum Gasteiger partial charge on any atom is 0.0248 e. The van der Waals surface area contributed by atoms with Crippen LogP contribution in [0.3, 0.4) is 0 Å². The molecule has 2 heteroatoms. The van der Waals surface area contributed by atoms with Crippen molar-refractivity contribution in [2.24, 2.45) is 11.8 Å². The monoisotopic (exact) mass is 236 g/mol. The molecule has 1 N–H and O–H groups in total. The van der Waals surface area contributed by atoms with Gasteiger partial charge in [-0.1, -0.05) is 25.7 Å². The van der Waals surface area contributed by atoms with E-state index in [9.17, 15) is 0 Å². The summed E-state index contributed by atoms with van der Waals surface area (Å²) in [4.78, 5) is 2.77. The standard InChI is InChI=1S/C15H28N2/c1-17-14-9-5-8-13(14)10-16-11-15(17)12-6-3-2-4-7-12/h12-16H,2-11H2,1H3. The molecule has 2 saturated carbocycles. The van der Waals surface area contributed by atoms with E-state index in [-0.39, 0.29) is 0 Å². The molecule has 0 bridgehead atoms. The predicted molar refractivity (Wildman–Crippen MR) is 72.1 cm³/mol. The Morgan fingerprint density at radius 3 is 2.35 bits per heavy atom. The van der Waals surface area contributed by atoms with Crippen LogP contribution in [-0.4, -0.2) is 37.1 Å². The van der Waals surface area contributed by atoms with E-state index in [4.69, 9.17) is 0 Å².